The summed E-state index contributed by atoms with van der Waals surface area (Å²) in [5.41, 5.74) is 0.207. The number of urea groups is 1. The number of nitrogens with one attached hydrogen (secondary N) is 2. The zero-order valence-corrected chi connectivity index (χ0v) is 10.1. The van der Waals surface area contributed by atoms with E-state index in [0.717, 1.165) is 12.8 Å². The van der Waals surface area contributed by atoms with Gasteiger partial charge in [-0.25, -0.2) is 9.18 Å². The third kappa shape index (κ3) is 5.33. The lowest BCUT2D eigenvalue weighted by Crippen LogP contribution is -2.29. The lowest BCUT2D eigenvalue weighted by Gasteiger charge is -2.07. The van der Waals surface area contributed by atoms with Crippen molar-refractivity contribution in [2.75, 3.05) is 11.9 Å². The molecule has 0 unspecified atom stereocenters. The molecule has 0 heterocycles. The first-order valence-corrected chi connectivity index (χ1v) is 6.03. The van der Waals surface area contributed by atoms with Gasteiger partial charge in [-0.1, -0.05) is 38.3 Å². The number of carbonyl (C=O) groups excluding carboxylic acids is 1. The number of carbonyl (C=O) groups is 1. The summed E-state index contributed by atoms with van der Waals surface area (Å²) in [5.74, 6) is -0.423. The van der Waals surface area contributed by atoms with E-state index in [1.54, 1.807) is 12.1 Å². The second-order valence-electron chi connectivity index (χ2n) is 3.92. The highest BCUT2D eigenvalue weighted by Crippen LogP contribution is 2.11. The first-order chi connectivity index (χ1) is 8.24. The third-order valence-corrected chi connectivity index (χ3v) is 2.44. The van der Waals surface area contributed by atoms with Crippen LogP contribution in [0.5, 0.6) is 0 Å². The van der Waals surface area contributed by atoms with Gasteiger partial charge in [-0.15, -0.1) is 0 Å². The quantitative estimate of drug-likeness (QED) is 0.731. The normalized spacial score (nSPS) is 10.0. The van der Waals surface area contributed by atoms with Crippen LogP contribution in [0.4, 0.5) is 14.9 Å². The fraction of sp³-hybridized carbons (Fsp3) is 0.462. The van der Waals surface area contributed by atoms with E-state index in [-0.39, 0.29) is 11.7 Å². The Balaban J connectivity index is 2.23. The molecule has 1 aromatic rings. The van der Waals surface area contributed by atoms with E-state index < -0.39 is 5.82 Å². The number of halogens is 1. The highest BCUT2D eigenvalue weighted by molar-refractivity contribution is 5.89. The van der Waals surface area contributed by atoms with Crippen molar-refractivity contribution in [2.45, 2.75) is 32.6 Å². The van der Waals surface area contributed by atoms with Crippen LogP contribution in [0.2, 0.25) is 0 Å². The van der Waals surface area contributed by atoms with Crippen molar-refractivity contribution >= 4 is 11.7 Å². The first-order valence-electron chi connectivity index (χ1n) is 6.03. The number of benzene rings is 1. The molecular formula is C13H19FN2O. The van der Waals surface area contributed by atoms with Crippen LogP contribution in [0.15, 0.2) is 24.3 Å². The first kappa shape index (κ1) is 13.5. The molecule has 0 fully saturated rings. The molecule has 0 aliphatic heterocycles. The summed E-state index contributed by atoms with van der Waals surface area (Å²) < 4.78 is 13.2. The molecule has 17 heavy (non-hydrogen) atoms. The number of rotatable bonds is 6. The lowest BCUT2D eigenvalue weighted by molar-refractivity contribution is 0.251. The molecule has 0 aromatic heterocycles. The van der Waals surface area contributed by atoms with Crippen LogP contribution in [0.25, 0.3) is 0 Å². The number of hydrogen-bond acceptors (Lipinski definition) is 1. The van der Waals surface area contributed by atoms with Crippen LogP contribution < -0.4 is 10.6 Å². The second-order valence-corrected chi connectivity index (χ2v) is 3.92. The molecule has 0 saturated heterocycles. The van der Waals surface area contributed by atoms with Crippen molar-refractivity contribution in [3.63, 3.8) is 0 Å². The summed E-state index contributed by atoms with van der Waals surface area (Å²) in [5, 5.41) is 5.18. The Bertz CT molecular complexity index is 355. The van der Waals surface area contributed by atoms with E-state index in [2.05, 4.69) is 17.6 Å². The molecular weight excluding hydrogens is 219 g/mol. The molecule has 0 atom stereocenters. The Morgan fingerprint density at radius 3 is 2.71 bits per heavy atom. The Labute approximate surface area is 101 Å². The molecule has 0 radical (unpaired) electrons. The number of hydrogen-bond donors (Lipinski definition) is 2. The van der Waals surface area contributed by atoms with Gasteiger partial charge < -0.3 is 10.6 Å². The molecule has 1 rings (SSSR count). The summed E-state index contributed by atoms with van der Waals surface area (Å²) in [6.07, 6.45) is 4.41. The molecule has 0 aliphatic rings. The molecule has 4 heteroatoms. The minimum Gasteiger partial charge on any atom is -0.338 e. The molecule has 0 bridgehead atoms. The smallest absolute Gasteiger partial charge is 0.319 e. The maximum Gasteiger partial charge on any atom is 0.319 e. The molecule has 2 amide bonds. The van der Waals surface area contributed by atoms with Crippen molar-refractivity contribution < 1.29 is 9.18 Å². The molecule has 94 valence electrons. The molecule has 0 spiro atoms. The van der Waals surface area contributed by atoms with E-state index in [0.29, 0.717) is 6.54 Å². The zero-order chi connectivity index (χ0) is 12.5. The van der Waals surface area contributed by atoms with Crippen LogP contribution in [0, 0.1) is 5.82 Å². The van der Waals surface area contributed by atoms with Crippen LogP contribution >= 0.6 is 0 Å². The SMILES string of the molecule is CCCCCCNC(=O)Nc1ccccc1F. The van der Waals surface area contributed by atoms with E-state index in [1.807, 2.05) is 0 Å². The van der Waals surface area contributed by atoms with Gasteiger partial charge in [0.05, 0.1) is 5.69 Å². The molecule has 1 aromatic carbocycles. The predicted molar refractivity (Wildman–Crippen MR) is 67.6 cm³/mol. The number of amides is 2. The van der Waals surface area contributed by atoms with Gasteiger partial charge in [0, 0.05) is 6.54 Å². The summed E-state index contributed by atoms with van der Waals surface area (Å²) >= 11 is 0. The van der Waals surface area contributed by atoms with E-state index in [4.69, 9.17) is 0 Å². The van der Waals surface area contributed by atoms with Crippen molar-refractivity contribution in [1.29, 1.82) is 0 Å². The highest BCUT2D eigenvalue weighted by atomic mass is 19.1. The van der Waals surface area contributed by atoms with Gasteiger partial charge in [-0.3, -0.25) is 0 Å². The fourth-order valence-corrected chi connectivity index (χ4v) is 1.48. The third-order valence-electron chi connectivity index (χ3n) is 2.44. The van der Waals surface area contributed by atoms with Gasteiger partial charge in [0.2, 0.25) is 0 Å². The van der Waals surface area contributed by atoms with Crippen molar-refractivity contribution in [3.05, 3.63) is 30.1 Å². The standard InChI is InChI=1S/C13H19FN2O/c1-2-3-4-7-10-15-13(17)16-12-9-6-5-8-11(12)14/h5-6,8-9H,2-4,7,10H2,1H3,(H2,15,16,17). The van der Waals surface area contributed by atoms with Crippen LogP contribution in [-0.2, 0) is 0 Å². The maximum atomic E-state index is 13.2. The van der Waals surface area contributed by atoms with Crippen molar-refractivity contribution in [2.24, 2.45) is 0 Å². The number of para-hydroxylation sites is 1. The van der Waals surface area contributed by atoms with Crippen LogP contribution in [-0.4, -0.2) is 12.6 Å². The van der Waals surface area contributed by atoms with E-state index in [1.165, 1.54) is 25.0 Å². The Kier molecular flexibility index (Phi) is 6.07. The Hall–Kier alpha value is -1.58. The molecule has 2 N–H and O–H groups in total. The zero-order valence-electron chi connectivity index (χ0n) is 10.1. The van der Waals surface area contributed by atoms with Crippen LogP contribution in [0.3, 0.4) is 0 Å². The van der Waals surface area contributed by atoms with Gasteiger partial charge in [-0.05, 0) is 18.6 Å². The lowest BCUT2D eigenvalue weighted by atomic mass is 10.2. The Morgan fingerprint density at radius 1 is 1.24 bits per heavy atom. The van der Waals surface area contributed by atoms with Gasteiger partial charge in [-0.2, -0.15) is 0 Å². The fourth-order valence-electron chi connectivity index (χ4n) is 1.48. The number of unbranched alkanes of at least 4 members (excludes halogenated alkanes) is 3. The molecule has 3 nitrogen and oxygen atoms in total. The summed E-state index contributed by atoms with van der Waals surface area (Å²) in [4.78, 5) is 11.4. The van der Waals surface area contributed by atoms with E-state index >= 15 is 0 Å². The van der Waals surface area contributed by atoms with Crippen LogP contribution in [0.1, 0.15) is 32.6 Å². The number of anilines is 1. The van der Waals surface area contributed by atoms with E-state index in [9.17, 15) is 9.18 Å². The average Bonchev–Trinajstić information content (AvgIpc) is 2.32. The maximum absolute atomic E-state index is 13.2. The molecule has 0 saturated carbocycles. The minimum atomic E-state index is -0.423. The topological polar surface area (TPSA) is 41.1 Å². The largest absolute Gasteiger partial charge is 0.338 e. The van der Waals surface area contributed by atoms with Gasteiger partial charge in [0.25, 0.3) is 0 Å². The summed E-state index contributed by atoms with van der Waals surface area (Å²) in [6.45, 7) is 2.76. The van der Waals surface area contributed by atoms with Crippen molar-refractivity contribution in [3.8, 4) is 0 Å². The monoisotopic (exact) mass is 238 g/mol. The van der Waals surface area contributed by atoms with Crippen molar-refractivity contribution in [1.82, 2.24) is 5.32 Å². The minimum absolute atomic E-state index is 0.207. The average molecular weight is 238 g/mol. The van der Waals surface area contributed by atoms with Gasteiger partial charge in [0.1, 0.15) is 5.82 Å². The van der Waals surface area contributed by atoms with Gasteiger partial charge >= 0.3 is 6.03 Å². The second kappa shape index (κ2) is 7.65. The summed E-state index contributed by atoms with van der Waals surface area (Å²) in [7, 11) is 0. The predicted octanol–water partition coefficient (Wildman–Crippen LogP) is 3.53. The highest BCUT2D eigenvalue weighted by Gasteiger charge is 2.04. The Morgan fingerprint density at radius 2 is 2.00 bits per heavy atom. The molecule has 0 aliphatic carbocycles. The van der Waals surface area contributed by atoms with Gasteiger partial charge in [0.15, 0.2) is 0 Å². The summed E-state index contributed by atoms with van der Waals surface area (Å²) in [6, 6.07) is 5.76.